The maximum absolute atomic E-state index is 14.8. The van der Waals surface area contributed by atoms with Crippen molar-refractivity contribution in [2.45, 2.75) is 68.7 Å². The van der Waals surface area contributed by atoms with Gasteiger partial charge in [-0.2, -0.15) is 4.98 Å². The van der Waals surface area contributed by atoms with E-state index in [-0.39, 0.29) is 13.2 Å². The number of hydrogen-bond donors (Lipinski definition) is 7. The first-order valence-corrected chi connectivity index (χ1v) is 11.9. The molecular formula is C22H32FN11O9. The van der Waals surface area contributed by atoms with Crippen LogP contribution in [-0.2, 0) is 15.2 Å². The molecule has 1 aromatic heterocycles. The number of aliphatic hydroxyl groups is 5. The lowest BCUT2D eigenvalue weighted by molar-refractivity contribution is -0.179. The number of alkyl halides is 1. The van der Waals surface area contributed by atoms with Gasteiger partial charge in [0, 0.05) is 27.9 Å². The zero-order valence-electron chi connectivity index (χ0n) is 22.1. The molecule has 236 valence electrons. The number of carbonyl (C=O) groups excluding carboxylic acids is 1. The number of nitrogens with one attached hydrogen (secondary N) is 1. The predicted molar refractivity (Wildman–Crippen MR) is 143 cm³/mol. The molecule has 3 aliphatic rings. The molecule has 20 nitrogen and oxygen atoms in total. The third-order valence-electron chi connectivity index (χ3n) is 6.83. The molecule has 4 rings (SSSR count). The van der Waals surface area contributed by atoms with Gasteiger partial charge in [0.25, 0.3) is 0 Å². The van der Waals surface area contributed by atoms with Crippen LogP contribution in [0.4, 0.5) is 15.0 Å². The van der Waals surface area contributed by atoms with Crippen molar-refractivity contribution in [3.05, 3.63) is 68.2 Å². The smallest absolute Gasteiger partial charge is 0.351 e. The van der Waals surface area contributed by atoms with Crippen molar-refractivity contribution < 1.29 is 44.2 Å². The summed E-state index contributed by atoms with van der Waals surface area (Å²) in [6, 6.07) is 0.569. The topological polar surface area (TPSA) is 310 Å². The van der Waals surface area contributed by atoms with Crippen LogP contribution in [0.1, 0.15) is 21.3 Å². The summed E-state index contributed by atoms with van der Waals surface area (Å²) in [5, 5.41) is 57.6. The van der Waals surface area contributed by atoms with Gasteiger partial charge in [-0.05, 0) is 37.1 Å². The van der Waals surface area contributed by atoms with Gasteiger partial charge in [-0.3, -0.25) is 9.47 Å². The molecule has 0 bridgehead atoms. The van der Waals surface area contributed by atoms with Crippen molar-refractivity contribution in [2.24, 2.45) is 10.2 Å². The Kier molecular flexibility index (Phi) is 10.2. The number of azide groups is 2. The number of carbonyl (C=O) groups is 1. The highest BCUT2D eigenvalue weighted by Crippen LogP contribution is 2.44. The molecule has 4 heterocycles. The van der Waals surface area contributed by atoms with Gasteiger partial charge < -0.3 is 46.1 Å². The first kappa shape index (κ1) is 34.9. The number of halogens is 1. The van der Waals surface area contributed by atoms with Crippen molar-refractivity contribution >= 4 is 11.8 Å². The monoisotopic (exact) mass is 613 g/mol. The van der Waals surface area contributed by atoms with Crippen LogP contribution >= 0.6 is 0 Å². The average molecular weight is 614 g/mol. The highest BCUT2D eigenvalue weighted by Gasteiger charge is 2.65. The average Bonchev–Trinajstić information content (AvgIpc) is 3.25. The molecule has 3 aliphatic heterocycles. The molecule has 8 atom stereocenters. The molecule has 0 aliphatic carbocycles. The Labute approximate surface area is 242 Å². The number of nitrogens with zero attached hydrogens (tertiary/aromatic N) is 9. The van der Waals surface area contributed by atoms with Crippen LogP contribution in [-0.4, -0.2) is 101 Å². The van der Waals surface area contributed by atoms with E-state index in [1.54, 1.807) is 0 Å². The minimum Gasteiger partial charge on any atom is -0.393 e. The molecule has 2 amide bonds. The number of anilines is 1. The fourth-order valence-corrected chi connectivity index (χ4v) is 4.53. The van der Waals surface area contributed by atoms with E-state index in [4.69, 9.17) is 26.3 Å². The number of hydrogen-bond acceptors (Lipinski definition) is 13. The van der Waals surface area contributed by atoms with Crippen molar-refractivity contribution in [2.75, 3.05) is 18.9 Å². The summed E-state index contributed by atoms with van der Waals surface area (Å²) in [5.41, 5.74) is 13.3. The van der Waals surface area contributed by atoms with E-state index < -0.39 is 72.3 Å². The van der Waals surface area contributed by atoms with Crippen LogP contribution in [0.3, 0.4) is 0 Å². The Hall–Kier alpha value is -4.30. The predicted octanol–water partition coefficient (Wildman–Crippen LogP) is -0.631. The molecule has 0 radical (unpaired) electrons. The lowest BCUT2D eigenvalue weighted by atomic mass is 9.94. The molecule has 0 saturated carbocycles. The Morgan fingerprint density at radius 3 is 2.26 bits per heavy atom. The number of rotatable bonds is 6. The van der Waals surface area contributed by atoms with Crippen LogP contribution in [0, 0.1) is 0 Å². The molecule has 1 aromatic rings. The number of allylic oxidation sites excluding steroid dienone is 1. The first-order valence-electron chi connectivity index (χ1n) is 11.9. The van der Waals surface area contributed by atoms with E-state index in [1.807, 2.05) is 0 Å². The minimum absolute atomic E-state index is 0. The molecule has 21 heteroatoms. The molecule has 2 fully saturated rings. The lowest BCUT2D eigenvalue weighted by Crippen LogP contribution is -2.54. The number of aliphatic hydroxyl groups excluding tert-OH is 5. The maximum Gasteiger partial charge on any atom is 0.351 e. The van der Waals surface area contributed by atoms with Gasteiger partial charge in [-0.1, -0.05) is 24.2 Å². The largest absolute Gasteiger partial charge is 0.393 e. The van der Waals surface area contributed by atoms with Gasteiger partial charge in [0.15, 0.2) is 17.6 Å². The van der Waals surface area contributed by atoms with E-state index in [2.05, 4.69) is 36.9 Å². The summed E-state index contributed by atoms with van der Waals surface area (Å²) in [5.74, 6) is -0.0312. The number of amides is 2. The van der Waals surface area contributed by atoms with Crippen molar-refractivity contribution in [3.63, 3.8) is 0 Å². The SMILES string of the molecule is C.C=C1C=CN([C@@H]2O[C@@](CO)(N=[N+]=[N-])[C@@H](O)[C@@]2(C)F)C(=O)N1.C[C@@]1(n2ccc(N)nc2=O)O[C@@](CO)(N=[N+]=[N-])[C@@H](O)[C@H]1O. The Morgan fingerprint density at radius 1 is 1.16 bits per heavy atom. The van der Waals surface area contributed by atoms with E-state index in [0.717, 1.165) is 16.4 Å². The number of urea groups is 1. The third kappa shape index (κ3) is 5.84. The van der Waals surface area contributed by atoms with Crippen molar-refractivity contribution in [1.82, 2.24) is 19.8 Å². The van der Waals surface area contributed by atoms with E-state index >= 15 is 0 Å². The molecule has 0 unspecified atom stereocenters. The molecule has 8 N–H and O–H groups in total. The normalized spacial score (nSPS) is 36.4. The standard InChI is InChI=1S/C11H14FN5O4.C10H14N6O5.CH4/c1-6-3-4-17(9(20)14-6)8-10(2,12)7(19)11(5-18,21-8)15-16-13;1-9(16-3-2-5(11)13-8(16)20)6(18)7(19)10(4-17,21-9)14-15-12;/h3-4,7-8,18-19H,1,5H2,2H3,(H,14,20);2-3,6-7,17-19H,4H2,1H3,(H2,11,13,20);1H4/t7-,8+,10+,11+;6-,7+,9-,10-;/m01./s1. The number of ether oxygens (including phenoxy) is 2. The first-order chi connectivity index (χ1) is 19.6. The molecule has 2 saturated heterocycles. The van der Waals surface area contributed by atoms with Crippen LogP contribution < -0.4 is 16.7 Å². The van der Waals surface area contributed by atoms with Crippen LogP contribution in [0.5, 0.6) is 0 Å². The van der Waals surface area contributed by atoms with Crippen LogP contribution in [0.25, 0.3) is 20.9 Å². The van der Waals surface area contributed by atoms with E-state index in [9.17, 15) is 39.5 Å². The Morgan fingerprint density at radius 2 is 1.74 bits per heavy atom. The highest BCUT2D eigenvalue weighted by atomic mass is 19.1. The zero-order chi connectivity index (χ0) is 31.7. The summed E-state index contributed by atoms with van der Waals surface area (Å²) in [4.78, 5) is 33.0. The van der Waals surface area contributed by atoms with Crippen LogP contribution in [0.15, 0.2) is 51.8 Å². The van der Waals surface area contributed by atoms with Gasteiger partial charge in [-0.15, -0.1) is 0 Å². The number of nitrogens with two attached hydrogens (primary N) is 1. The molecule has 0 spiro atoms. The summed E-state index contributed by atoms with van der Waals surface area (Å²) in [7, 11) is 0. The summed E-state index contributed by atoms with van der Waals surface area (Å²) >= 11 is 0. The summed E-state index contributed by atoms with van der Waals surface area (Å²) in [6.07, 6.45) is -3.10. The Balaban J connectivity index is 0.000000293. The fraction of sp³-hybridized carbons (Fsp3) is 0.591. The van der Waals surface area contributed by atoms with Gasteiger partial charge >= 0.3 is 11.7 Å². The van der Waals surface area contributed by atoms with Gasteiger partial charge in [-0.25, -0.2) is 14.0 Å². The van der Waals surface area contributed by atoms with Gasteiger partial charge in [0.1, 0.15) is 24.1 Å². The quantitative estimate of drug-likeness (QED) is 0.120. The fourth-order valence-electron chi connectivity index (χ4n) is 4.53. The molecule has 0 aromatic carbocycles. The number of aromatic nitrogens is 2. The summed E-state index contributed by atoms with van der Waals surface area (Å²) in [6.45, 7) is 3.95. The lowest BCUT2D eigenvalue weighted by Gasteiger charge is -2.33. The second kappa shape index (κ2) is 12.5. The van der Waals surface area contributed by atoms with Gasteiger partial charge in [0.2, 0.25) is 11.4 Å². The van der Waals surface area contributed by atoms with E-state index in [0.29, 0.717) is 5.70 Å². The molecule has 43 heavy (non-hydrogen) atoms. The zero-order valence-corrected chi connectivity index (χ0v) is 22.1. The van der Waals surface area contributed by atoms with E-state index in [1.165, 1.54) is 31.5 Å². The second-order valence-electron chi connectivity index (χ2n) is 9.64. The summed E-state index contributed by atoms with van der Waals surface area (Å²) < 4.78 is 26.2. The minimum atomic E-state index is -2.47. The van der Waals surface area contributed by atoms with Crippen molar-refractivity contribution in [3.8, 4) is 0 Å². The maximum atomic E-state index is 14.8. The van der Waals surface area contributed by atoms with Gasteiger partial charge in [0.05, 0.1) is 13.2 Å². The van der Waals surface area contributed by atoms with Crippen LogP contribution in [0.2, 0.25) is 0 Å². The third-order valence-corrected chi connectivity index (χ3v) is 6.83. The molecular weight excluding hydrogens is 581 g/mol. The Bertz CT molecular complexity index is 1430. The number of nitrogen functional groups attached to an aromatic ring is 1. The second-order valence-corrected chi connectivity index (χ2v) is 9.64. The van der Waals surface area contributed by atoms with Crippen molar-refractivity contribution in [1.29, 1.82) is 0 Å². The highest BCUT2D eigenvalue weighted by molar-refractivity contribution is 5.79.